The summed E-state index contributed by atoms with van der Waals surface area (Å²) in [6, 6.07) is 16.5. The molecule has 134 valence electrons. The Morgan fingerprint density at radius 3 is 2.50 bits per heavy atom. The van der Waals surface area contributed by atoms with E-state index in [1.165, 1.54) is 37.7 Å². The van der Waals surface area contributed by atoms with E-state index in [2.05, 4.69) is 50.1 Å². The van der Waals surface area contributed by atoms with Crippen molar-refractivity contribution in [3.8, 4) is 11.5 Å². The monoisotopic (exact) mass is 364 g/mol. The molecule has 0 spiro atoms. The van der Waals surface area contributed by atoms with E-state index in [9.17, 15) is 0 Å². The molecule has 0 radical (unpaired) electrons. The largest absolute Gasteiger partial charge is 0.300 e. The lowest BCUT2D eigenvalue weighted by molar-refractivity contribution is 0.313. The zero-order chi connectivity index (χ0) is 17.6. The molecule has 1 fully saturated rings. The quantitative estimate of drug-likeness (QED) is 0.563. The molecule has 0 amide bonds. The molecule has 0 atom stereocenters. The molecule has 1 aromatic carbocycles. The number of pyridine rings is 1. The van der Waals surface area contributed by atoms with E-state index in [0.717, 1.165) is 34.9 Å². The minimum absolute atomic E-state index is 0.721. The fraction of sp³-hybridized carbons (Fsp3) is 0.381. The molecule has 3 aromatic rings. The highest BCUT2D eigenvalue weighted by molar-refractivity contribution is 7.98. The molecule has 2 heterocycles. The summed E-state index contributed by atoms with van der Waals surface area (Å²) < 4.78 is 2.30. The second kappa shape index (κ2) is 8.49. The SMILES string of the molecule is c1ccc(CSc2nnc(-c3ccccn3)n2CC2CCCCC2)cc1. The minimum Gasteiger partial charge on any atom is -0.300 e. The van der Waals surface area contributed by atoms with E-state index in [-0.39, 0.29) is 0 Å². The van der Waals surface area contributed by atoms with Crippen molar-refractivity contribution in [3.05, 3.63) is 60.3 Å². The first-order valence-electron chi connectivity index (χ1n) is 9.41. The van der Waals surface area contributed by atoms with E-state index >= 15 is 0 Å². The lowest BCUT2D eigenvalue weighted by Gasteiger charge is -2.23. The average Bonchev–Trinajstić information content (AvgIpc) is 3.11. The minimum atomic E-state index is 0.721. The van der Waals surface area contributed by atoms with Gasteiger partial charge in [0.2, 0.25) is 0 Å². The lowest BCUT2D eigenvalue weighted by atomic mass is 9.89. The Morgan fingerprint density at radius 2 is 1.73 bits per heavy atom. The lowest BCUT2D eigenvalue weighted by Crippen LogP contribution is -2.16. The van der Waals surface area contributed by atoms with Gasteiger partial charge in [0, 0.05) is 18.5 Å². The van der Waals surface area contributed by atoms with E-state index in [0.29, 0.717) is 0 Å². The predicted octanol–water partition coefficient (Wildman–Crippen LogP) is 5.21. The van der Waals surface area contributed by atoms with Crippen molar-refractivity contribution in [1.82, 2.24) is 19.7 Å². The number of nitrogens with zero attached hydrogens (tertiary/aromatic N) is 4. The van der Waals surface area contributed by atoms with Crippen LogP contribution >= 0.6 is 11.8 Å². The first-order chi connectivity index (χ1) is 12.9. The van der Waals surface area contributed by atoms with Crippen LogP contribution in [0.2, 0.25) is 0 Å². The summed E-state index contributed by atoms with van der Waals surface area (Å²) in [5.74, 6) is 2.52. The van der Waals surface area contributed by atoms with Gasteiger partial charge in [-0.3, -0.25) is 4.98 Å². The Morgan fingerprint density at radius 1 is 0.923 bits per heavy atom. The third kappa shape index (κ3) is 4.15. The molecule has 0 N–H and O–H groups in total. The van der Waals surface area contributed by atoms with Gasteiger partial charge in [0.1, 0.15) is 5.69 Å². The molecule has 1 saturated carbocycles. The van der Waals surface area contributed by atoms with Crippen molar-refractivity contribution in [1.29, 1.82) is 0 Å². The maximum Gasteiger partial charge on any atom is 0.191 e. The maximum absolute atomic E-state index is 4.51. The maximum atomic E-state index is 4.51. The number of rotatable bonds is 6. The van der Waals surface area contributed by atoms with Crippen LogP contribution in [0.15, 0.2) is 59.9 Å². The normalized spacial score (nSPS) is 15.2. The van der Waals surface area contributed by atoms with Crippen molar-refractivity contribution < 1.29 is 0 Å². The molecule has 4 rings (SSSR count). The molecule has 1 aliphatic rings. The smallest absolute Gasteiger partial charge is 0.191 e. The number of thioether (sulfide) groups is 1. The molecule has 1 aliphatic carbocycles. The summed E-state index contributed by atoms with van der Waals surface area (Å²) in [5.41, 5.74) is 2.21. The van der Waals surface area contributed by atoms with Crippen LogP contribution in [0.3, 0.4) is 0 Å². The van der Waals surface area contributed by atoms with Gasteiger partial charge in [-0.2, -0.15) is 0 Å². The third-order valence-corrected chi connectivity index (χ3v) is 6.03. The summed E-state index contributed by atoms with van der Waals surface area (Å²) in [4.78, 5) is 4.50. The number of hydrogen-bond acceptors (Lipinski definition) is 4. The molecule has 5 heteroatoms. The molecule has 0 bridgehead atoms. The summed E-state index contributed by atoms with van der Waals surface area (Å²) >= 11 is 1.77. The van der Waals surface area contributed by atoms with Gasteiger partial charge in [-0.05, 0) is 36.5 Å². The van der Waals surface area contributed by atoms with Crippen LogP contribution in [0.25, 0.3) is 11.5 Å². The summed E-state index contributed by atoms with van der Waals surface area (Å²) in [6.45, 7) is 0.996. The van der Waals surface area contributed by atoms with Crippen molar-refractivity contribution >= 4 is 11.8 Å². The van der Waals surface area contributed by atoms with Gasteiger partial charge in [-0.25, -0.2) is 0 Å². The van der Waals surface area contributed by atoms with Crippen LogP contribution in [-0.2, 0) is 12.3 Å². The standard InChI is InChI=1S/C21H24N4S/c1-3-9-17(10-4-1)15-25-20(19-13-7-8-14-22-19)23-24-21(25)26-16-18-11-5-2-6-12-18/h2,5-8,11-14,17H,1,3-4,9-10,15-16H2. The van der Waals surface area contributed by atoms with Gasteiger partial charge in [0.15, 0.2) is 11.0 Å². The Labute approximate surface area is 159 Å². The highest BCUT2D eigenvalue weighted by Gasteiger charge is 2.20. The van der Waals surface area contributed by atoms with Gasteiger partial charge in [0.05, 0.1) is 0 Å². The predicted molar refractivity (Wildman–Crippen MR) is 106 cm³/mol. The fourth-order valence-corrected chi connectivity index (χ4v) is 4.50. The van der Waals surface area contributed by atoms with Gasteiger partial charge in [-0.1, -0.05) is 67.4 Å². The van der Waals surface area contributed by atoms with Crippen molar-refractivity contribution in [2.75, 3.05) is 0 Å². The molecular weight excluding hydrogens is 340 g/mol. The van der Waals surface area contributed by atoms with Gasteiger partial charge in [0.25, 0.3) is 0 Å². The van der Waals surface area contributed by atoms with Crippen LogP contribution < -0.4 is 0 Å². The van der Waals surface area contributed by atoms with Crippen molar-refractivity contribution in [3.63, 3.8) is 0 Å². The topological polar surface area (TPSA) is 43.6 Å². The molecule has 0 aliphatic heterocycles. The van der Waals surface area contributed by atoms with Crippen LogP contribution in [0, 0.1) is 5.92 Å². The molecule has 0 unspecified atom stereocenters. The molecule has 0 saturated heterocycles. The van der Waals surface area contributed by atoms with Crippen LogP contribution in [0.5, 0.6) is 0 Å². The van der Waals surface area contributed by atoms with Crippen LogP contribution in [0.4, 0.5) is 0 Å². The second-order valence-corrected chi connectivity index (χ2v) is 7.85. The van der Waals surface area contributed by atoms with Crippen molar-refractivity contribution in [2.45, 2.75) is 49.6 Å². The van der Waals surface area contributed by atoms with E-state index < -0.39 is 0 Å². The Kier molecular flexibility index (Phi) is 5.65. The Hall–Kier alpha value is -2.14. The van der Waals surface area contributed by atoms with Gasteiger partial charge in [-0.15, -0.1) is 10.2 Å². The second-order valence-electron chi connectivity index (χ2n) is 6.91. The molecule has 26 heavy (non-hydrogen) atoms. The zero-order valence-corrected chi connectivity index (χ0v) is 15.7. The Bertz CT molecular complexity index is 811. The zero-order valence-electron chi connectivity index (χ0n) is 14.9. The van der Waals surface area contributed by atoms with E-state index in [1.54, 1.807) is 11.8 Å². The number of benzene rings is 1. The third-order valence-electron chi connectivity index (χ3n) is 4.99. The first-order valence-corrected chi connectivity index (χ1v) is 10.4. The number of aromatic nitrogens is 4. The van der Waals surface area contributed by atoms with E-state index in [1.807, 2.05) is 24.4 Å². The van der Waals surface area contributed by atoms with Crippen LogP contribution in [-0.4, -0.2) is 19.7 Å². The average molecular weight is 365 g/mol. The van der Waals surface area contributed by atoms with E-state index in [4.69, 9.17) is 0 Å². The van der Waals surface area contributed by atoms with Crippen LogP contribution in [0.1, 0.15) is 37.7 Å². The number of hydrogen-bond donors (Lipinski definition) is 0. The highest BCUT2D eigenvalue weighted by atomic mass is 32.2. The molecule has 2 aromatic heterocycles. The summed E-state index contributed by atoms with van der Waals surface area (Å²) in [5, 5.41) is 10.0. The first kappa shape index (κ1) is 17.3. The summed E-state index contributed by atoms with van der Waals surface area (Å²) in [7, 11) is 0. The highest BCUT2D eigenvalue weighted by Crippen LogP contribution is 2.30. The Balaban J connectivity index is 1.59. The van der Waals surface area contributed by atoms with Crippen molar-refractivity contribution in [2.24, 2.45) is 5.92 Å². The molecular formula is C21H24N4S. The summed E-state index contributed by atoms with van der Waals surface area (Å²) in [6.07, 6.45) is 8.51. The fourth-order valence-electron chi connectivity index (χ4n) is 3.59. The molecule has 4 nitrogen and oxygen atoms in total. The van der Waals surface area contributed by atoms with Gasteiger partial charge >= 0.3 is 0 Å². The van der Waals surface area contributed by atoms with Gasteiger partial charge < -0.3 is 4.57 Å².